The molecule has 0 unspecified atom stereocenters. The maximum atomic E-state index is 11.7. The molecule has 0 aromatic heterocycles. The summed E-state index contributed by atoms with van der Waals surface area (Å²) in [7, 11) is 1.90. The number of carbonyl (C=O) groups is 1. The average Bonchev–Trinajstić information content (AvgIpc) is 2.38. The molecule has 1 saturated heterocycles. The van der Waals surface area contributed by atoms with Gasteiger partial charge in [-0.1, -0.05) is 15.9 Å². The Bertz CT molecular complexity index is 498. The van der Waals surface area contributed by atoms with Gasteiger partial charge >= 0.3 is 0 Å². The van der Waals surface area contributed by atoms with E-state index in [-0.39, 0.29) is 5.78 Å². The van der Waals surface area contributed by atoms with Crippen molar-refractivity contribution in [2.24, 2.45) is 0 Å². The molecule has 5 heteroatoms. The summed E-state index contributed by atoms with van der Waals surface area (Å²) in [5.74, 6) is 0.0262. The first-order valence-corrected chi connectivity index (χ1v) is 7.52. The Morgan fingerprint density at radius 3 is 2.70 bits per heavy atom. The van der Waals surface area contributed by atoms with Crippen LogP contribution in [0.25, 0.3) is 0 Å². The standard InChI is InChI=1S/C15H20BrNO3/c1-11(18)13-4-3-12(16)9-14(13)17(2)10-15(19)5-7-20-8-6-15/h3-4,9,19H,5-8,10H2,1-2H3. The van der Waals surface area contributed by atoms with Gasteiger partial charge in [-0.25, -0.2) is 0 Å². The number of rotatable bonds is 4. The number of hydrogen-bond acceptors (Lipinski definition) is 4. The highest BCUT2D eigenvalue weighted by Crippen LogP contribution is 2.28. The molecule has 1 fully saturated rings. The van der Waals surface area contributed by atoms with Crippen molar-refractivity contribution >= 4 is 27.4 Å². The van der Waals surface area contributed by atoms with E-state index in [4.69, 9.17) is 4.74 Å². The van der Waals surface area contributed by atoms with E-state index < -0.39 is 5.60 Å². The summed E-state index contributed by atoms with van der Waals surface area (Å²) >= 11 is 3.43. The van der Waals surface area contributed by atoms with Gasteiger partial charge in [-0.15, -0.1) is 0 Å². The summed E-state index contributed by atoms with van der Waals surface area (Å²) in [5, 5.41) is 10.6. The molecule has 1 heterocycles. The third kappa shape index (κ3) is 3.59. The van der Waals surface area contributed by atoms with Crippen molar-refractivity contribution in [3.05, 3.63) is 28.2 Å². The lowest BCUT2D eigenvalue weighted by atomic mass is 9.93. The predicted octanol–water partition coefficient (Wildman–Crippen LogP) is 2.63. The smallest absolute Gasteiger partial charge is 0.161 e. The molecule has 4 nitrogen and oxygen atoms in total. The Balaban J connectivity index is 2.21. The molecule has 20 heavy (non-hydrogen) atoms. The fourth-order valence-corrected chi connectivity index (χ4v) is 2.90. The fraction of sp³-hybridized carbons (Fsp3) is 0.533. The van der Waals surface area contributed by atoms with Crippen molar-refractivity contribution in [3.8, 4) is 0 Å². The molecule has 0 amide bonds. The van der Waals surface area contributed by atoms with E-state index in [0.717, 1.165) is 10.2 Å². The number of likely N-dealkylation sites (N-methyl/N-ethyl adjacent to an activating group) is 1. The van der Waals surface area contributed by atoms with Crippen molar-refractivity contribution in [2.45, 2.75) is 25.4 Å². The van der Waals surface area contributed by atoms with Gasteiger partial charge in [-0.05, 0) is 25.1 Å². The molecule has 1 aromatic rings. The minimum absolute atomic E-state index is 0.0262. The summed E-state index contributed by atoms with van der Waals surface area (Å²) in [4.78, 5) is 13.7. The Hall–Kier alpha value is -0.910. The van der Waals surface area contributed by atoms with Crippen molar-refractivity contribution < 1.29 is 14.6 Å². The second kappa shape index (κ2) is 6.24. The van der Waals surface area contributed by atoms with E-state index in [9.17, 15) is 9.90 Å². The molecular weight excluding hydrogens is 322 g/mol. The third-order valence-electron chi connectivity index (χ3n) is 3.71. The predicted molar refractivity (Wildman–Crippen MR) is 82.4 cm³/mol. The molecule has 1 aliphatic heterocycles. The van der Waals surface area contributed by atoms with Gasteiger partial charge in [0.15, 0.2) is 5.78 Å². The lowest BCUT2D eigenvalue weighted by molar-refractivity contribution is -0.0572. The Morgan fingerprint density at radius 2 is 2.10 bits per heavy atom. The van der Waals surface area contributed by atoms with Crippen molar-refractivity contribution in [1.82, 2.24) is 0 Å². The van der Waals surface area contributed by atoms with E-state index in [1.807, 2.05) is 30.1 Å². The molecule has 1 N–H and O–H groups in total. The summed E-state index contributed by atoms with van der Waals surface area (Å²) in [5.41, 5.74) is 0.766. The molecular formula is C15H20BrNO3. The zero-order chi connectivity index (χ0) is 14.8. The Labute approximate surface area is 127 Å². The maximum absolute atomic E-state index is 11.7. The number of hydrogen-bond donors (Lipinski definition) is 1. The summed E-state index contributed by atoms with van der Waals surface area (Å²) in [6, 6.07) is 5.59. The Kier molecular flexibility index (Phi) is 4.83. The van der Waals surface area contributed by atoms with Crippen molar-refractivity contribution in [3.63, 3.8) is 0 Å². The molecule has 0 saturated carbocycles. The monoisotopic (exact) mass is 341 g/mol. The minimum Gasteiger partial charge on any atom is -0.388 e. The van der Waals surface area contributed by atoms with E-state index >= 15 is 0 Å². The number of carbonyl (C=O) groups excluding carboxylic acids is 1. The van der Waals surface area contributed by atoms with E-state index in [2.05, 4.69) is 15.9 Å². The van der Waals surface area contributed by atoms with Gasteiger partial charge in [0.05, 0.1) is 5.60 Å². The fourth-order valence-electron chi connectivity index (χ4n) is 2.55. The van der Waals surface area contributed by atoms with Gasteiger partial charge in [0.2, 0.25) is 0 Å². The van der Waals surface area contributed by atoms with E-state index in [1.54, 1.807) is 6.92 Å². The van der Waals surface area contributed by atoms with Crippen LogP contribution >= 0.6 is 15.9 Å². The first-order chi connectivity index (χ1) is 9.41. The number of nitrogens with zero attached hydrogens (tertiary/aromatic N) is 1. The second-order valence-corrected chi connectivity index (χ2v) is 6.33. The van der Waals surface area contributed by atoms with Crippen molar-refractivity contribution in [2.75, 3.05) is 31.7 Å². The summed E-state index contributed by atoms with van der Waals surface area (Å²) in [6.07, 6.45) is 1.25. The lowest BCUT2D eigenvalue weighted by Gasteiger charge is -2.36. The second-order valence-electron chi connectivity index (χ2n) is 5.41. The largest absolute Gasteiger partial charge is 0.388 e. The van der Waals surface area contributed by atoms with Crippen molar-refractivity contribution in [1.29, 1.82) is 0 Å². The van der Waals surface area contributed by atoms with Crippen LogP contribution in [0.5, 0.6) is 0 Å². The molecule has 0 atom stereocenters. The van der Waals surface area contributed by atoms with Crippen LogP contribution in [0, 0.1) is 0 Å². The van der Waals surface area contributed by atoms with Crippen LogP contribution in [0.3, 0.4) is 0 Å². The van der Waals surface area contributed by atoms with Crippen LogP contribution in [-0.4, -0.2) is 43.3 Å². The molecule has 0 radical (unpaired) electrons. The number of halogens is 1. The number of ether oxygens (including phenoxy) is 1. The van der Waals surface area contributed by atoms with Gasteiger partial charge in [0.25, 0.3) is 0 Å². The van der Waals surface area contributed by atoms with E-state index in [1.165, 1.54) is 0 Å². The van der Waals surface area contributed by atoms with Crippen LogP contribution in [0.15, 0.2) is 22.7 Å². The highest BCUT2D eigenvalue weighted by Gasteiger charge is 2.31. The minimum atomic E-state index is -0.747. The number of ketones is 1. The lowest BCUT2D eigenvalue weighted by Crippen LogP contribution is -2.46. The zero-order valence-electron chi connectivity index (χ0n) is 11.9. The molecule has 0 bridgehead atoms. The first-order valence-electron chi connectivity index (χ1n) is 6.73. The van der Waals surface area contributed by atoms with Gasteiger partial charge in [-0.2, -0.15) is 0 Å². The zero-order valence-corrected chi connectivity index (χ0v) is 13.4. The van der Waals surface area contributed by atoms with Crippen LogP contribution in [0.1, 0.15) is 30.1 Å². The van der Waals surface area contributed by atoms with Crippen LogP contribution in [0.2, 0.25) is 0 Å². The number of Topliss-reactive ketones (excluding diaryl/α,β-unsaturated/α-hetero) is 1. The van der Waals surface area contributed by atoms with E-state index in [0.29, 0.717) is 38.2 Å². The van der Waals surface area contributed by atoms with Gasteiger partial charge < -0.3 is 14.7 Å². The first kappa shape index (κ1) is 15.5. The van der Waals surface area contributed by atoms with Crippen LogP contribution in [-0.2, 0) is 4.74 Å². The summed E-state index contributed by atoms with van der Waals surface area (Å²) < 4.78 is 6.21. The molecule has 110 valence electrons. The van der Waals surface area contributed by atoms with Gasteiger partial charge in [0.1, 0.15) is 0 Å². The number of anilines is 1. The number of benzene rings is 1. The topological polar surface area (TPSA) is 49.8 Å². The summed E-state index contributed by atoms with van der Waals surface area (Å²) in [6.45, 7) is 3.22. The Morgan fingerprint density at radius 1 is 1.45 bits per heavy atom. The molecule has 1 aromatic carbocycles. The molecule has 1 aliphatic rings. The molecule has 0 spiro atoms. The highest BCUT2D eigenvalue weighted by molar-refractivity contribution is 9.10. The highest BCUT2D eigenvalue weighted by atomic mass is 79.9. The van der Waals surface area contributed by atoms with Crippen LogP contribution in [0.4, 0.5) is 5.69 Å². The number of aliphatic hydroxyl groups is 1. The third-order valence-corrected chi connectivity index (χ3v) is 4.20. The maximum Gasteiger partial charge on any atom is 0.161 e. The molecule has 0 aliphatic carbocycles. The van der Waals surface area contributed by atoms with Crippen LogP contribution < -0.4 is 4.90 Å². The molecule has 2 rings (SSSR count). The quantitative estimate of drug-likeness (QED) is 0.855. The van der Waals surface area contributed by atoms with Gasteiger partial charge in [-0.3, -0.25) is 4.79 Å². The normalized spacial score (nSPS) is 17.8. The average molecular weight is 342 g/mol. The SMILES string of the molecule is CC(=O)c1ccc(Br)cc1N(C)CC1(O)CCOCC1. The van der Waals surface area contributed by atoms with Gasteiger partial charge in [0, 0.05) is 55.4 Å².